The highest BCUT2D eigenvalue weighted by molar-refractivity contribution is 7.80. The molecule has 92 valence electrons. The number of anilines is 1. The summed E-state index contributed by atoms with van der Waals surface area (Å²) in [4.78, 5) is 11.5. The van der Waals surface area contributed by atoms with Gasteiger partial charge in [-0.05, 0) is 12.1 Å². The quantitative estimate of drug-likeness (QED) is 0.722. The molecule has 1 aromatic carbocycles. The molecule has 0 spiro atoms. The summed E-state index contributed by atoms with van der Waals surface area (Å²) >= 11 is 4.62. The van der Waals surface area contributed by atoms with Crippen LogP contribution in [-0.4, -0.2) is 17.6 Å². The lowest BCUT2D eigenvalue weighted by Gasteiger charge is -2.07. The summed E-state index contributed by atoms with van der Waals surface area (Å²) in [5.41, 5.74) is 5.13. The van der Waals surface area contributed by atoms with Crippen LogP contribution in [0.15, 0.2) is 18.2 Å². The van der Waals surface area contributed by atoms with Crippen LogP contribution in [0.2, 0.25) is 0 Å². The number of amides is 2. The second-order valence-electron chi connectivity index (χ2n) is 3.22. The van der Waals surface area contributed by atoms with Crippen LogP contribution in [0.1, 0.15) is 6.42 Å². The average molecular weight is 259 g/mol. The SMILES string of the molecule is NC(=S)CCNC(=O)Nc1ccc(F)cc1F. The normalized spacial score (nSPS) is 9.76. The lowest BCUT2D eigenvalue weighted by atomic mass is 10.3. The maximum Gasteiger partial charge on any atom is 0.319 e. The molecule has 0 bridgehead atoms. The Morgan fingerprint density at radius 3 is 2.71 bits per heavy atom. The van der Waals surface area contributed by atoms with Crippen molar-refractivity contribution in [1.29, 1.82) is 0 Å². The first-order chi connectivity index (χ1) is 7.99. The van der Waals surface area contributed by atoms with Gasteiger partial charge in [0.05, 0.1) is 10.7 Å². The van der Waals surface area contributed by atoms with Crippen LogP contribution in [-0.2, 0) is 0 Å². The third-order valence-electron chi connectivity index (χ3n) is 1.84. The highest BCUT2D eigenvalue weighted by Gasteiger charge is 2.07. The van der Waals surface area contributed by atoms with E-state index in [1.807, 2.05) is 0 Å². The highest BCUT2D eigenvalue weighted by Crippen LogP contribution is 2.14. The van der Waals surface area contributed by atoms with Crippen molar-refractivity contribution in [2.75, 3.05) is 11.9 Å². The van der Waals surface area contributed by atoms with Crippen LogP contribution < -0.4 is 16.4 Å². The van der Waals surface area contributed by atoms with Crippen molar-refractivity contribution in [2.24, 2.45) is 5.73 Å². The van der Waals surface area contributed by atoms with Gasteiger partial charge in [0.2, 0.25) is 0 Å². The van der Waals surface area contributed by atoms with Crippen molar-refractivity contribution in [3.8, 4) is 0 Å². The Labute approximate surface area is 102 Å². The zero-order chi connectivity index (χ0) is 12.8. The van der Waals surface area contributed by atoms with Gasteiger partial charge in [-0.15, -0.1) is 0 Å². The molecule has 1 aromatic rings. The van der Waals surface area contributed by atoms with Crippen molar-refractivity contribution in [3.05, 3.63) is 29.8 Å². The van der Waals surface area contributed by atoms with E-state index in [9.17, 15) is 13.6 Å². The molecule has 4 N–H and O–H groups in total. The molecule has 0 atom stereocenters. The Morgan fingerprint density at radius 1 is 1.41 bits per heavy atom. The molecular formula is C10H11F2N3OS. The van der Waals surface area contributed by atoms with Gasteiger partial charge >= 0.3 is 6.03 Å². The molecule has 0 aliphatic rings. The van der Waals surface area contributed by atoms with Gasteiger partial charge in [0.15, 0.2) is 0 Å². The maximum atomic E-state index is 13.1. The van der Waals surface area contributed by atoms with Crippen LogP contribution in [0, 0.1) is 11.6 Å². The summed E-state index contributed by atoms with van der Waals surface area (Å²) in [6.45, 7) is 0.254. The van der Waals surface area contributed by atoms with Crippen molar-refractivity contribution in [3.63, 3.8) is 0 Å². The predicted octanol–water partition coefficient (Wildman–Crippen LogP) is 1.76. The minimum Gasteiger partial charge on any atom is -0.393 e. The molecule has 0 heterocycles. The zero-order valence-electron chi connectivity index (χ0n) is 8.80. The molecule has 2 amide bonds. The van der Waals surface area contributed by atoms with E-state index in [4.69, 9.17) is 5.73 Å². The standard InChI is InChI=1S/C10H11F2N3OS/c11-6-1-2-8(7(12)5-6)15-10(16)14-4-3-9(13)17/h1-2,5H,3-4H2,(H2,13,17)(H2,14,15,16). The number of carbonyl (C=O) groups is 1. The van der Waals surface area contributed by atoms with E-state index >= 15 is 0 Å². The highest BCUT2D eigenvalue weighted by atomic mass is 32.1. The van der Waals surface area contributed by atoms with Gasteiger partial charge in [0, 0.05) is 19.0 Å². The number of hydrogen-bond donors (Lipinski definition) is 3. The van der Waals surface area contributed by atoms with Gasteiger partial charge in [-0.1, -0.05) is 12.2 Å². The van der Waals surface area contributed by atoms with Crippen molar-refractivity contribution >= 4 is 28.9 Å². The fourth-order valence-corrected chi connectivity index (χ4v) is 1.16. The van der Waals surface area contributed by atoms with E-state index in [0.717, 1.165) is 12.1 Å². The predicted molar refractivity (Wildman–Crippen MR) is 64.8 cm³/mol. The van der Waals surface area contributed by atoms with Gasteiger partial charge in [0.25, 0.3) is 0 Å². The van der Waals surface area contributed by atoms with Crippen LogP contribution >= 0.6 is 12.2 Å². The minimum absolute atomic E-state index is 0.0979. The van der Waals surface area contributed by atoms with Gasteiger partial charge in [-0.2, -0.15) is 0 Å². The number of urea groups is 1. The van der Waals surface area contributed by atoms with Crippen LogP contribution in [0.4, 0.5) is 19.3 Å². The zero-order valence-corrected chi connectivity index (χ0v) is 9.61. The number of benzene rings is 1. The summed E-state index contributed by atoms with van der Waals surface area (Å²) in [7, 11) is 0. The first-order valence-electron chi connectivity index (χ1n) is 4.77. The van der Waals surface area contributed by atoms with E-state index in [0.29, 0.717) is 12.5 Å². The van der Waals surface area contributed by atoms with E-state index in [1.54, 1.807) is 0 Å². The van der Waals surface area contributed by atoms with Crippen molar-refractivity contribution < 1.29 is 13.6 Å². The average Bonchev–Trinajstić information content (AvgIpc) is 2.21. The Kier molecular flexibility index (Phi) is 4.77. The molecule has 0 aliphatic heterocycles. The Hall–Kier alpha value is -1.76. The molecule has 0 saturated carbocycles. The van der Waals surface area contributed by atoms with Gasteiger partial charge in [0.1, 0.15) is 11.6 Å². The largest absolute Gasteiger partial charge is 0.393 e. The number of thiocarbonyl (C=S) groups is 1. The maximum absolute atomic E-state index is 13.1. The van der Waals surface area contributed by atoms with E-state index in [2.05, 4.69) is 22.9 Å². The third-order valence-corrected chi connectivity index (χ3v) is 2.04. The van der Waals surface area contributed by atoms with Crippen LogP contribution in [0.3, 0.4) is 0 Å². The lowest BCUT2D eigenvalue weighted by molar-refractivity contribution is 0.252. The summed E-state index contributed by atoms with van der Waals surface area (Å²) in [5.74, 6) is -1.54. The van der Waals surface area contributed by atoms with Crippen LogP contribution in [0.5, 0.6) is 0 Å². The van der Waals surface area contributed by atoms with Crippen LogP contribution in [0.25, 0.3) is 0 Å². The lowest BCUT2D eigenvalue weighted by Crippen LogP contribution is -2.31. The molecule has 17 heavy (non-hydrogen) atoms. The van der Waals surface area contributed by atoms with Gasteiger partial charge < -0.3 is 16.4 Å². The summed E-state index contributed by atoms with van der Waals surface area (Å²) in [6.07, 6.45) is 0.356. The molecule has 0 saturated heterocycles. The fourth-order valence-electron chi connectivity index (χ4n) is 1.06. The molecule has 0 aromatic heterocycles. The molecular weight excluding hydrogens is 248 g/mol. The smallest absolute Gasteiger partial charge is 0.319 e. The number of rotatable bonds is 4. The second-order valence-corrected chi connectivity index (χ2v) is 3.75. The molecule has 1 rings (SSSR count). The van der Waals surface area contributed by atoms with E-state index < -0.39 is 17.7 Å². The van der Waals surface area contributed by atoms with Crippen molar-refractivity contribution in [2.45, 2.75) is 6.42 Å². The first kappa shape index (κ1) is 13.3. The Morgan fingerprint density at radius 2 is 2.12 bits per heavy atom. The molecule has 0 radical (unpaired) electrons. The van der Waals surface area contributed by atoms with Crippen molar-refractivity contribution in [1.82, 2.24) is 5.32 Å². The van der Waals surface area contributed by atoms with Gasteiger partial charge in [-0.3, -0.25) is 0 Å². The number of nitrogens with one attached hydrogen (secondary N) is 2. The number of halogens is 2. The summed E-state index contributed by atoms with van der Waals surface area (Å²) in [5, 5.41) is 4.66. The van der Waals surface area contributed by atoms with Gasteiger partial charge in [-0.25, -0.2) is 13.6 Å². The molecule has 4 nitrogen and oxygen atoms in total. The first-order valence-corrected chi connectivity index (χ1v) is 5.18. The molecule has 0 aliphatic carbocycles. The molecule has 0 fully saturated rings. The third kappa shape index (κ3) is 4.73. The number of hydrogen-bond acceptors (Lipinski definition) is 2. The monoisotopic (exact) mass is 259 g/mol. The summed E-state index contributed by atoms with van der Waals surface area (Å²) < 4.78 is 25.7. The number of nitrogens with two attached hydrogens (primary N) is 1. The van der Waals surface area contributed by atoms with E-state index in [1.165, 1.54) is 0 Å². The minimum atomic E-state index is -0.838. The number of carbonyl (C=O) groups excluding carboxylic acids is 1. The Bertz CT molecular complexity index is 440. The second kappa shape index (κ2) is 6.09. The Balaban J connectivity index is 2.48. The summed E-state index contributed by atoms with van der Waals surface area (Å²) in [6, 6.07) is 2.27. The topological polar surface area (TPSA) is 67.1 Å². The fraction of sp³-hybridized carbons (Fsp3) is 0.200. The molecule has 7 heteroatoms. The molecule has 0 unspecified atom stereocenters. The van der Waals surface area contributed by atoms with E-state index in [-0.39, 0.29) is 17.2 Å².